The maximum Gasteiger partial charge on any atom is 0.309 e. The van der Waals surface area contributed by atoms with Gasteiger partial charge in [-0.2, -0.15) is 0 Å². The summed E-state index contributed by atoms with van der Waals surface area (Å²) in [6, 6.07) is 5.88. The molecular formula is C16H24ClNO2S. The van der Waals surface area contributed by atoms with E-state index in [-0.39, 0.29) is 24.3 Å². The summed E-state index contributed by atoms with van der Waals surface area (Å²) < 4.78 is 5.09. The van der Waals surface area contributed by atoms with Gasteiger partial charge in [0.25, 0.3) is 0 Å². The van der Waals surface area contributed by atoms with Crippen LogP contribution in [0, 0.1) is 5.92 Å². The largest absolute Gasteiger partial charge is 0.469 e. The van der Waals surface area contributed by atoms with E-state index in [0.717, 1.165) is 6.42 Å². The van der Waals surface area contributed by atoms with E-state index in [2.05, 4.69) is 36.3 Å². The van der Waals surface area contributed by atoms with Crippen molar-refractivity contribution in [2.45, 2.75) is 57.2 Å². The van der Waals surface area contributed by atoms with E-state index in [0.29, 0.717) is 24.0 Å². The molecule has 0 saturated carbocycles. The fraction of sp³-hybridized carbons (Fsp3) is 0.688. The van der Waals surface area contributed by atoms with Crippen LogP contribution in [0.2, 0.25) is 0 Å². The highest BCUT2D eigenvalue weighted by Gasteiger charge is 2.51. The first kappa shape index (κ1) is 16.8. The molecule has 2 fully saturated rings. The minimum atomic E-state index is -0.0243. The van der Waals surface area contributed by atoms with Gasteiger partial charge in [-0.05, 0) is 44.6 Å². The van der Waals surface area contributed by atoms with Crippen molar-refractivity contribution in [2.24, 2.45) is 5.92 Å². The summed E-state index contributed by atoms with van der Waals surface area (Å²) in [6.07, 6.45) is 3.38. The molecule has 1 aromatic rings. The molecule has 118 valence electrons. The first-order valence-corrected chi connectivity index (χ1v) is 8.40. The molecule has 2 aliphatic heterocycles. The van der Waals surface area contributed by atoms with Gasteiger partial charge in [0.1, 0.15) is 0 Å². The highest BCUT2D eigenvalue weighted by Crippen LogP contribution is 2.49. The van der Waals surface area contributed by atoms with Crippen molar-refractivity contribution in [1.29, 1.82) is 0 Å². The zero-order valence-corrected chi connectivity index (χ0v) is 14.5. The quantitative estimate of drug-likeness (QED) is 0.792. The van der Waals surface area contributed by atoms with E-state index in [4.69, 9.17) is 4.74 Å². The molecule has 5 heteroatoms. The van der Waals surface area contributed by atoms with Crippen molar-refractivity contribution >= 4 is 29.7 Å². The number of halogens is 1. The Morgan fingerprint density at radius 3 is 2.76 bits per heavy atom. The van der Waals surface area contributed by atoms with Crippen LogP contribution >= 0.6 is 23.7 Å². The van der Waals surface area contributed by atoms with Gasteiger partial charge >= 0.3 is 5.97 Å². The topological polar surface area (TPSA) is 29.5 Å². The van der Waals surface area contributed by atoms with Gasteiger partial charge in [-0.25, -0.2) is 0 Å². The van der Waals surface area contributed by atoms with Gasteiger partial charge in [0.05, 0.1) is 13.0 Å². The Morgan fingerprint density at radius 2 is 2.19 bits per heavy atom. The molecule has 21 heavy (non-hydrogen) atoms. The predicted octanol–water partition coefficient (Wildman–Crippen LogP) is 3.69. The number of hydrogen-bond donors (Lipinski definition) is 0. The molecule has 0 amide bonds. The lowest BCUT2D eigenvalue weighted by molar-refractivity contribution is -0.149. The highest BCUT2D eigenvalue weighted by atomic mass is 35.5. The summed E-state index contributed by atoms with van der Waals surface area (Å²) >= 11 is 1.78. The average molecular weight is 330 g/mol. The SMILES string of the molecule is COC(=O)[C@H]1C[C@H]2CC[C@H]([C@H]1c1cccs1)N2C(C)C.Cl. The van der Waals surface area contributed by atoms with Crippen LogP contribution < -0.4 is 0 Å². The second kappa shape index (κ2) is 6.67. The number of ether oxygens (including phenoxy) is 1. The number of carbonyl (C=O) groups is 1. The van der Waals surface area contributed by atoms with Gasteiger partial charge < -0.3 is 4.74 Å². The molecule has 2 bridgehead atoms. The van der Waals surface area contributed by atoms with Crippen molar-refractivity contribution < 1.29 is 9.53 Å². The Hall–Kier alpha value is -0.580. The smallest absolute Gasteiger partial charge is 0.309 e. The first-order valence-electron chi connectivity index (χ1n) is 7.52. The number of nitrogens with zero attached hydrogens (tertiary/aromatic N) is 1. The lowest BCUT2D eigenvalue weighted by Crippen LogP contribution is -2.52. The third kappa shape index (κ3) is 2.86. The van der Waals surface area contributed by atoms with Crippen LogP contribution in [0.3, 0.4) is 0 Å². The van der Waals surface area contributed by atoms with Gasteiger partial charge in [0, 0.05) is 28.9 Å². The van der Waals surface area contributed by atoms with E-state index < -0.39 is 0 Å². The van der Waals surface area contributed by atoms with Crippen LogP contribution in [0.25, 0.3) is 0 Å². The van der Waals surface area contributed by atoms with Crippen LogP contribution in [0.4, 0.5) is 0 Å². The molecule has 4 atom stereocenters. The number of rotatable bonds is 3. The molecule has 0 aliphatic carbocycles. The van der Waals surface area contributed by atoms with E-state index in [1.807, 2.05) is 0 Å². The van der Waals surface area contributed by atoms with Crippen molar-refractivity contribution in [3.8, 4) is 0 Å². The summed E-state index contributed by atoms with van der Waals surface area (Å²) in [5, 5.41) is 2.12. The van der Waals surface area contributed by atoms with Crippen LogP contribution in [0.1, 0.15) is 43.9 Å². The number of piperidine rings is 1. The summed E-state index contributed by atoms with van der Waals surface area (Å²) in [7, 11) is 1.52. The Balaban J connectivity index is 0.00000161. The van der Waals surface area contributed by atoms with E-state index in [1.54, 1.807) is 11.3 Å². The van der Waals surface area contributed by atoms with Crippen molar-refractivity contribution in [1.82, 2.24) is 4.90 Å². The van der Waals surface area contributed by atoms with E-state index in [9.17, 15) is 4.79 Å². The minimum absolute atomic E-state index is 0. The Labute approximate surface area is 137 Å². The van der Waals surface area contributed by atoms with Gasteiger partial charge in [-0.1, -0.05) is 6.07 Å². The molecule has 1 aromatic heterocycles. The maximum absolute atomic E-state index is 12.2. The molecule has 2 saturated heterocycles. The van der Waals surface area contributed by atoms with E-state index >= 15 is 0 Å². The normalized spacial score (nSPS) is 32.0. The van der Waals surface area contributed by atoms with Crippen molar-refractivity contribution in [2.75, 3.05) is 7.11 Å². The average Bonchev–Trinajstić information content (AvgIpc) is 3.05. The molecule has 0 unspecified atom stereocenters. The zero-order valence-electron chi connectivity index (χ0n) is 12.8. The number of methoxy groups -OCH3 is 1. The Kier molecular flexibility index (Phi) is 5.33. The molecular weight excluding hydrogens is 306 g/mol. The molecule has 3 heterocycles. The van der Waals surface area contributed by atoms with Gasteiger partial charge in [0.15, 0.2) is 0 Å². The third-order valence-electron chi connectivity index (χ3n) is 4.95. The number of carbonyl (C=O) groups excluding carboxylic acids is 1. The summed E-state index contributed by atoms with van der Waals surface area (Å²) in [6.45, 7) is 4.55. The predicted molar refractivity (Wildman–Crippen MR) is 88.2 cm³/mol. The Morgan fingerprint density at radius 1 is 1.43 bits per heavy atom. The highest BCUT2D eigenvalue weighted by molar-refractivity contribution is 7.10. The van der Waals surface area contributed by atoms with Crippen molar-refractivity contribution in [3.63, 3.8) is 0 Å². The van der Waals surface area contributed by atoms with Crippen LogP contribution in [0.5, 0.6) is 0 Å². The lowest BCUT2D eigenvalue weighted by Gasteiger charge is -2.45. The molecule has 3 rings (SSSR count). The van der Waals surface area contributed by atoms with Crippen LogP contribution in [-0.4, -0.2) is 36.1 Å². The molecule has 3 nitrogen and oxygen atoms in total. The first-order chi connectivity index (χ1) is 9.63. The monoisotopic (exact) mass is 329 g/mol. The number of esters is 1. The number of thiophene rings is 1. The summed E-state index contributed by atoms with van der Waals surface area (Å²) in [5.74, 6) is 0.318. The molecule has 0 N–H and O–H groups in total. The maximum atomic E-state index is 12.2. The van der Waals surface area contributed by atoms with Gasteiger partial charge in [-0.3, -0.25) is 9.69 Å². The molecule has 0 aromatic carbocycles. The fourth-order valence-electron chi connectivity index (χ4n) is 4.31. The molecule has 0 radical (unpaired) electrons. The number of hydrogen-bond acceptors (Lipinski definition) is 4. The van der Waals surface area contributed by atoms with Gasteiger partial charge in [0.2, 0.25) is 0 Å². The Bertz CT molecular complexity index is 477. The van der Waals surface area contributed by atoms with Crippen LogP contribution in [0.15, 0.2) is 17.5 Å². The second-order valence-corrected chi connectivity index (χ2v) is 7.23. The standard InChI is InChI=1S/C16H23NO2S.ClH/c1-10(2)17-11-6-7-13(17)15(14-5-4-8-20-14)12(9-11)16(18)19-3;/h4-5,8,10-13,15H,6-7,9H2,1-3H3;1H/t11-,12+,13-,15+;/m1./s1. The zero-order chi connectivity index (χ0) is 14.3. The van der Waals surface area contributed by atoms with Crippen molar-refractivity contribution in [3.05, 3.63) is 22.4 Å². The van der Waals surface area contributed by atoms with Gasteiger partial charge in [-0.15, -0.1) is 23.7 Å². The van der Waals surface area contributed by atoms with E-state index in [1.165, 1.54) is 24.8 Å². The van der Waals surface area contributed by atoms with Crippen LogP contribution in [-0.2, 0) is 9.53 Å². The molecule has 0 spiro atoms. The second-order valence-electron chi connectivity index (χ2n) is 6.25. The summed E-state index contributed by atoms with van der Waals surface area (Å²) in [4.78, 5) is 16.2. The molecule has 2 aliphatic rings. The fourth-order valence-corrected chi connectivity index (χ4v) is 5.26. The third-order valence-corrected chi connectivity index (χ3v) is 5.92. The minimum Gasteiger partial charge on any atom is -0.469 e. The summed E-state index contributed by atoms with van der Waals surface area (Å²) in [5.41, 5.74) is 0. The lowest BCUT2D eigenvalue weighted by atomic mass is 9.78. The number of fused-ring (bicyclic) bond motifs is 2.